The maximum absolute atomic E-state index is 13.1. The first-order valence-corrected chi connectivity index (χ1v) is 8.15. The zero-order valence-electron chi connectivity index (χ0n) is 12.9. The largest absolute Gasteiger partial charge is 0.357 e. The van der Waals surface area contributed by atoms with Gasteiger partial charge in [0.1, 0.15) is 10.8 Å². The topological polar surface area (TPSA) is 49.3 Å². The van der Waals surface area contributed by atoms with E-state index in [-0.39, 0.29) is 29.0 Å². The molecule has 8 heteroatoms. The lowest BCUT2D eigenvalue weighted by Gasteiger charge is -2.10. The third-order valence-corrected chi connectivity index (χ3v) is 4.03. The molecule has 4 nitrogen and oxygen atoms in total. The number of nitrogens with zero attached hydrogens (tertiary/aromatic N) is 2. The SMILES string of the molecule is CCNC(=NCc1ccc(F)c(Cl)c1)NCc1ncc(C)s1.I. The normalized spacial score (nSPS) is 11.0. The Labute approximate surface area is 161 Å². The molecule has 0 radical (unpaired) electrons. The van der Waals surface area contributed by atoms with Gasteiger partial charge < -0.3 is 10.6 Å². The number of aliphatic imine (C=N–C) groups is 1. The number of guanidine groups is 1. The monoisotopic (exact) mass is 468 g/mol. The molecule has 2 N–H and O–H groups in total. The van der Waals surface area contributed by atoms with Crippen LogP contribution in [0.1, 0.15) is 22.4 Å². The fourth-order valence-electron chi connectivity index (χ4n) is 1.79. The molecule has 126 valence electrons. The van der Waals surface area contributed by atoms with E-state index in [1.54, 1.807) is 23.5 Å². The van der Waals surface area contributed by atoms with E-state index in [0.717, 1.165) is 17.1 Å². The smallest absolute Gasteiger partial charge is 0.191 e. The molecule has 0 bridgehead atoms. The molecule has 2 aromatic rings. The van der Waals surface area contributed by atoms with Crippen LogP contribution in [0.5, 0.6) is 0 Å². The number of aromatic nitrogens is 1. The predicted octanol–water partition coefficient (Wildman–Crippen LogP) is 4.12. The molecule has 0 unspecified atom stereocenters. The van der Waals surface area contributed by atoms with E-state index in [4.69, 9.17) is 11.6 Å². The van der Waals surface area contributed by atoms with Gasteiger partial charge in [0.25, 0.3) is 0 Å². The van der Waals surface area contributed by atoms with Gasteiger partial charge in [0.15, 0.2) is 5.96 Å². The summed E-state index contributed by atoms with van der Waals surface area (Å²) in [6.45, 7) is 5.83. The van der Waals surface area contributed by atoms with E-state index in [2.05, 4.69) is 20.6 Å². The van der Waals surface area contributed by atoms with E-state index >= 15 is 0 Å². The fourth-order valence-corrected chi connectivity index (χ4v) is 2.72. The van der Waals surface area contributed by atoms with E-state index in [9.17, 15) is 4.39 Å². The lowest BCUT2D eigenvalue weighted by atomic mass is 10.2. The van der Waals surface area contributed by atoms with E-state index in [0.29, 0.717) is 19.0 Å². The van der Waals surface area contributed by atoms with Crippen molar-refractivity contribution in [1.82, 2.24) is 15.6 Å². The molecule has 23 heavy (non-hydrogen) atoms. The molecule has 2 rings (SSSR count). The zero-order valence-corrected chi connectivity index (χ0v) is 16.8. The van der Waals surface area contributed by atoms with Crippen molar-refractivity contribution in [3.05, 3.63) is 50.7 Å². The minimum Gasteiger partial charge on any atom is -0.357 e. The standard InChI is InChI=1S/C15H18ClFN4S.HI/c1-3-18-15(21-9-14-19-7-10(2)22-14)20-8-11-4-5-13(17)12(16)6-11;/h4-7H,3,8-9H2,1-2H3,(H2,18,20,21);1H. The Hall–Kier alpha value is -0.930. The van der Waals surface area contributed by atoms with Crippen LogP contribution in [0.15, 0.2) is 29.4 Å². The summed E-state index contributed by atoms with van der Waals surface area (Å²) in [5.74, 6) is 0.273. The molecule has 0 saturated carbocycles. The van der Waals surface area contributed by atoms with Crippen LogP contribution in [0.3, 0.4) is 0 Å². The molecular formula is C15H19ClFIN4S. The first kappa shape index (κ1) is 20.1. The maximum atomic E-state index is 13.1. The van der Waals surface area contributed by atoms with Crippen molar-refractivity contribution < 1.29 is 4.39 Å². The van der Waals surface area contributed by atoms with Gasteiger partial charge >= 0.3 is 0 Å². The average molecular weight is 469 g/mol. The van der Waals surface area contributed by atoms with Crippen molar-refractivity contribution in [2.45, 2.75) is 26.9 Å². The van der Waals surface area contributed by atoms with E-state index < -0.39 is 5.82 Å². The summed E-state index contributed by atoms with van der Waals surface area (Å²) in [6.07, 6.45) is 1.85. The van der Waals surface area contributed by atoms with Gasteiger partial charge in [-0.2, -0.15) is 0 Å². The second-order valence-electron chi connectivity index (χ2n) is 4.66. The zero-order chi connectivity index (χ0) is 15.9. The fraction of sp³-hybridized carbons (Fsp3) is 0.333. The number of halogens is 3. The number of rotatable bonds is 5. The van der Waals surface area contributed by atoms with Gasteiger partial charge in [0.05, 0.1) is 18.1 Å². The molecule has 0 aliphatic carbocycles. The first-order chi connectivity index (χ1) is 10.6. The summed E-state index contributed by atoms with van der Waals surface area (Å²) in [6, 6.07) is 4.62. The molecular weight excluding hydrogens is 450 g/mol. The minimum absolute atomic E-state index is 0. The van der Waals surface area contributed by atoms with Crippen LogP contribution in [0.2, 0.25) is 5.02 Å². The molecule has 0 spiro atoms. The second kappa shape index (κ2) is 10.0. The highest BCUT2D eigenvalue weighted by molar-refractivity contribution is 14.0. The summed E-state index contributed by atoms with van der Waals surface area (Å²) in [5.41, 5.74) is 0.855. The molecule has 0 aliphatic heterocycles. The lowest BCUT2D eigenvalue weighted by molar-refractivity contribution is 0.627. The van der Waals surface area contributed by atoms with Crippen molar-refractivity contribution in [2.75, 3.05) is 6.54 Å². The average Bonchev–Trinajstić information content (AvgIpc) is 2.91. The van der Waals surface area contributed by atoms with Gasteiger partial charge in [-0.25, -0.2) is 14.4 Å². The van der Waals surface area contributed by atoms with E-state index in [1.807, 2.05) is 20.0 Å². The Morgan fingerprint density at radius 1 is 1.39 bits per heavy atom. The second-order valence-corrected chi connectivity index (χ2v) is 6.39. The molecule has 0 fully saturated rings. The van der Waals surface area contributed by atoms with Gasteiger partial charge in [-0.3, -0.25) is 0 Å². The Morgan fingerprint density at radius 3 is 2.78 bits per heavy atom. The number of nitrogens with one attached hydrogen (secondary N) is 2. The van der Waals surface area contributed by atoms with Crippen LogP contribution < -0.4 is 10.6 Å². The van der Waals surface area contributed by atoms with Crippen LogP contribution >= 0.6 is 46.9 Å². The van der Waals surface area contributed by atoms with Gasteiger partial charge in [-0.15, -0.1) is 35.3 Å². The summed E-state index contributed by atoms with van der Waals surface area (Å²) >= 11 is 7.42. The highest BCUT2D eigenvalue weighted by atomic mass is 127. The highest BCUT2D eigenvalue weighted by Crippen LogP contribution is 2.16. The quantitative estimate of drug-likeness (QED) is 0.394. The first-order valence-electron chi connectivity index (χ1n) is 6.96. The molecule has 1 heterocycles. The number of benzene rings is 1. The molecule has 0 aliphatic rings. The minimum atomic E-state index is -0.418. The number of thiazole rings is 1. The van der Waals surface area contributed by atoms with Crippen LogP contribution in [-0.4, -0.2) is 17.5 Å². The molecule has 1 aromatic heterocycles. The van der Waals surface area contributed by atoms with Crippen LogP contribution in [0, 0.1) is 12.7 Å². The van der Waals surface area contributed by atoms with Crippen molar-refractivity contribution in [2.24, 2.45) is 4.99 Å². The maximum Gasteiger partial charge on any atom is 0.191 e. The summed E-state index contributed by atoms with van der Waals surface area (Å²) in [5, 5.41) is 7.51. The van der Waals surface area contributed by atoms with Crippen molar-refractivity contribution >= 4 is 52.9 Å². The summed E-state index contributed by atoms with van der Waals surface area (Å²) in [7, 11) is 0. The Bertz CT molecular complexity index is 663. The van der Waals surface area contributed by atoms with E-state index in [1.165, 1.54) is 10.9 Å². The number of aryl methyl sites for hydroxylation is 1. The Morgan fingerprint density at radius 2 is 2.17 bits per heavy atom. The summed E-state index contributed by atoms with van der Waals surface area (Å²) in [4.78, 5) is 9.95. The third kappa shape index (κ3) is 6.60. The number of hydrogen-bond acceptors (Lipinski definition) is 3. The van der Waals surface area contributed by atoms with Gasteiger partial charge in [0.2, 0.25) is 0 Å². The van der Waals surface area contributed by atoms with Crippen LogP contribution in [0.4, 0.5) is 4.39 Å². The molecule has 1 aromatic carbocycles. The van der Waals surface area contributed by atoms with Crippen LogP contribution in [-0.2, 0) is 13.1 Å². The lowest BCUT2D eigenvalue weighted by Crippen LogP contribution is -2.36. The van der Waals surface area contributed by atoms with Gasteiger partial charge in [-0.1, -0.05) is 17.7 Å². The molecule has 0 amide bonds. The van der Waals surface area contributed by atoms with Gasteiger partial charge in [0, 0.05) is 17.6 Å². The summed E-state index contributed by atoms with van der Waals surface area (Å²) < 4.78 is 13.1. The highest BCUT2D eigenvalue weighted by Gasteiger charge is 2.03. The van der Waals surface area contributed by atoms with Crippen molar-refractivity contribution in [3.8, 4) is 0 Å². The molecule has 0 atom stereocenters. The Kier molecular flexibility index (Phi) is 8.78. The van der Waals surface area contributed by atoms with Gasteiger partial charge in [-0.05, 0) is 31.5 Å². The number of hydrogen-bond donors (Lipinski definition) is 2. The predicted molar refractivity (Wildman–Crippen MR) is 105 cm³/mol. The van der Waals surface area contributed by atoms with Crippen LogP contribution in [0.25, 0.3) is 0 Å². The van der Waals surface area contributed by atoms with Crippen molar-refractivity contribution in [3.63, 3.8) is 0 Å². The molecule has 0 saturated heterocycles. The Balaban J connectivity index is 0.00000264. The van der Waals surface area contributed by atoms with Crippen molar-refractivity contribution in [1.29, 1.82) is 0 Å². The third-order valence-electron chi connectivity index (χ3n) is 2.82.